The van der Waals surface area contributed by atoms with Gasteiger partial charge in [0.05, 0.1) is 19.3 Å². The van der Waals surface area contributed by atoms with Crippen molar-refractivity contribution >= 4 is 0 Å². The zero-order chi connectivity index (χ0) is 13.9. The van der Waals surface area contributed by atoms with Gasteiger partial charge in [-0.25, -0.2) is 0 Å². The van der Waals surface area contributed by atoms with E-state index in [4.69, 9.17) is 19.7 Å². The summed E-state index contributed by atoms with van der Waals surface area (Å²) in [6.45, 7) is 0.689. The van der Waals surface area contributed by atoms with Gasteiger partial charge in [0.25, 0.3) is 0 Å². The van der Waals surface area contributed by atoms with E-state index in [9.17, 15) is 5.11 Å². The average molecular weight is 277 g/mol. The van der Waals surface area contributed by atoms with Crippen molar-refractivity contribution < 1.29 is 19.3 Å². The fourth-order valence-electron chi connectivity index (χ4n) is 2.52. The van der Waals surface area contributed by atoms with Crippen molar-refractivity contribution in [3.63, 3.8) is 0 Å². The Kier molecular flexibility index (Phi) is 3.86. The Morgan fingerprint density at radius 1 is 1.40 bits per heavy atom. The molecule has 7 nitrogen and oxygen atoms in total. The van der Waals surface area contributed by atoms with Crippen LogP contribution in [-0.2, 0) is 20.8 Å². The van der Waals surface area contributed by atoms with E-state index in [1.165, 1.54) is 0 Å². The summed E-state index contributed by atoms with van der Waals surface area (Å²) in [7, 11) is 0. The first-order chi connectivity index (χ1) is 9.79. The third kappa shape index (κ3) is 2.49. The highest BCUT2D eigenvalue weighted by Crippen LogP contribution is 2.32. The van der Waals surface area contributed by atoms with E-state index in [1.807, 2.05) is 30.3 Å². The molecule has 1 aromatic carbocycles. The van der Waals surface area contributed by atoms with Gasteiger partial charge in [0.2, 0.25) is 0 Å². The van der Waals surface area contributed by atoms with E-state index in [-0.39, 0.29) is 6.10 Å². The lowest BCUT2D eigenvalue weighted by Gasteiger charge is -2.35. The van der Waals surface area contributed by atoms with Crippen molar-refractivity contribution in [1.29, 1.82) is 0 Å². The quantitative estimate of drug-likeness (QED) is 0.510. The summed E-state index contributed by atoms with van der Waals surface area (Å²) in [6.07, 6.45) is -2.50. The van der Waals surface area contributed by atoms with E-state index in [0.717, 1.165) is 5.56 Å². The minimum absolute atomic E-state index is 0.330. The summed E-state index contributed by atoms with van der Waals surface area (Å²) in [5.41, 5.74) is 9.55. The molecule has 2 saturated heterocycles. The third-order valence-corrected chi connectivity index (χ3v) is 3.54. The monoisotopic (exact) mass is 277 g/mol. The number of benzene rings is 1. The second kappa shape index (κ2) is 5.78. The number of rotatable bonds is 4. The Morgan fingerprint density at radius 3 is 2.95 bits per heavy atom. The third-order valence-electron chi connectivity index (χ3n) is 3.54. The number of hydrogen-bond donors (Lipinski definition) is 1. The first-order valence-electron chi connectivity index (χ1n) is 6.44. The lowest BCUT2D eigenvalue weighted by Crippen LogP contribution is -2.53. The normalized spacial score (nSPS) is 35.5. The van der Waals surface area contributed by atoms with Crippen LogP contribution in [0.15, 0.2) is 35.4 Å². The molecule has 20 heavy (non-hydrogen) atoms. The molecular formula is C13H15N3O4. The van der Waals surface area contributed by atoms with Crippen LogP contribution < -0.4 is 0 Å². The number of ether oxygens (including phenoxy) is 3. The van der Waals surface area contributed by atoms with Crippen molar-refractivity contribution in [1.82, 2.24) is 0 Å². The number of azide groups is 1. The van der Waals surface area contributed by atoms with E-state index < -0.39 is 24.5 Å². The Bertz CT molecular complexity index is 506. The Labute approximate surface area is 115 Å². The van der Waals surface area contributed by atoms with Gasteiger partial charge in [-0.3, -0.25) is 0 Å². The summed E-state index contributed by atoms with van der Waals surface area (Å²) in [4.78, 5) is 2.73. The molecule has 1 N–H and O–H groups in total. The van der Waals surface area contributed by atoms with Gasteiger partial charge in [-0.15, -0.1) is 0 Å². The van der Waals surface area contributed by atoms with Crippen LogP contribution in [0.4, 0.5) is 0 Å². The fraction of sp³-hybridized carbons (Fsp3) is 0.538. The maximum atomic E-state index is 10.3. The smallest absolute Gasteiger partial charge is 0.169 e. The molecule has 0 amide bonds. The van der Waals surface area contributed by atoms with E-state index >= 15 is 0 Å². The largest absolute Gasteiger partial charge is 0.390 e. The summed E-state index contributed by atoms with van der Waals surface area (Å²) in [5, 5.41) is 13.8. The van der Waals surface area contributed by atoms with E-state index in [0.29, 0.717) is 13.2 Å². The number of aliphatic hydroxyl groups is 1. The molecule has 5 atom stereocenters. The SMILES string of the molecule is [N-]=[N+]=N[C@@H]1[C@H]2OC[C@@H](O2)[C@@H](OCc2ccccc2)[C@H]1O. The summed E-state index contributed by atoms with van der Waals surface area (Å²) < 4.78 is 16.7. The molecule has 0 spiro atoms. The Morgan fingerprint density at radius 2 is 2.20 bits per heavy atom. The van der Waals surface area contributed by atoms with Gasteiger partial charge >= 0.3 is 0 Å². The number of aliphatic hydroxyl groups excluding tert-OH is 1. The molecule has 3 rings (SSSR count). The second-order valence-electron chi connectivity index (χ2n) is 4.82. The fourth-order valence-corrected chi connectivity index (χ4v) is 2.52. The molecule has 0 unspecified atom stereocenters. The average Bonchev–Trinajstić information content (AvgIpc) is 2.90. The van der Waals surface area contributed by atoms with Crippen LogP contribution in [0, 0.1) is 0 Å². The summed E-state index contributed by atoms with van der Waals surface area (Å²) in [6, 6.07) is 8.87. The number of fused-ring (bicyclic) bond motifs is 2. The Hall–Kier alpha value is -1.63. The van der Waals surface area contributed by atoms with Crippen molar-refractivity contribution in [3.8, 4) is 0 Å². The molecule has 1 aromatic rings. The highest BCUT2D eigenvalue weighted by molar-refractivity contribution is 5.13. The minimum atomic E-state index is -0.930. The van der Waals surface area contributed by atoms with Crippen LogP contribution in [0.1, 0.15) is 5.56 Å². The standard InChI is InChI=1S/C13H15N3O4/c14-16-15-10-11(17)12(9-7-19-13(10)20-9)18-6-8-4-2-1-3-5-8/h1-5,9-13,17H,6-7H2/t9-,10+,11+,12-,13+/m1/s1. The van der Waals surface area contributed by atoms with Crippen molar-refractivity contribution in [2.75, 3.05) is 6.61 Å². The van der Waals surface area contributed by atoms with Crippen LogP contribution in [0.25, 0.3) is 10.4 Å². The van der Waals surface area contributed by atoms with Crippen LogP contribution >= 0.6 is 0 Å². The number of hydrogen-bond acceptors (Lipinski definition) is 5. The predicted molar refractivity (Wildman–Crippen MR) is 68.6 cm³/mol. The molecule has 106 valence electrons. The molecule has 2 aliphatic heterocycles. The van der Waals surface area contributed by atoms with Gasteiger partial charge in [0.15, 0.2) is 6.29 Å². The number of nitrogens with zero attached hydrogens (tertiary/aromatic N) is 3. The van der Waals surface area contributed by atoms with E-state index in [1.54, 1.807) is 0 Å². The second-order valence-corrected chi connectivity index (χ2v) is 4.82. The molecule has 2 fully saturated rings. The first kappa shape index (κ1) is 13.4. The van der Waals surface area contributed by atoms with Crippen LogP contribution in [-0.4, -0.2) is 42.4 Å². The zero-order valence-corrected chi connectivity index (χ0v) is 10.7. The topological polar surface area (TPSA) is 96.7 Å². The molecule has 0 radical (unpaired) electrons. The van der Waals surface area contributed by atoms with Crippen molar-refractivity contribution in [2.24, 2.45) is 5.11 Å². The molecule has 0 aliphatic carbocycles. The van der Waals surface area contributed by atoms with Gasteiger partial charge in [0, 0.05) is 4.91 Å². The van der Waals surface area contributed by atoms with Gasteiger partial charge in [-0.05, 0) is 11.1 Å². The molecule has 2 bridgehead atoms. The summed E-state index contributed by atoms with van der Waals surface area (Å²) in [5.74, 6) is 0. The molecule has 0 saturated carbocycles. The maximum Gasteiger partial charge on any atom is 0.169 e. The Balaban J connectivity index is 1.70. The highest BCUT2D eigenvalue weighted by atomic mass is 16.7. The summed E-state index contributed by atoms with van der Waals surface area (Å²) >= 11 is 0. The lowest BCUT2D eigenvalue weighted by molar-refractivity contribution is -0.195. The zero-order valence-electron chi connectivity index (χ0n) is 10.7. The van der Waals surface area contributed by atoms with Gasteiger partial charge in [-0.1, -0.05) is 35.4 Å². The van der Waals surface area contributed by atoms with Gasteiger partial charge in [0.1, 0.15) is 18.2 Å². The van der Waals surface area contributed by atoms with Crippen LogP contribution in [0.3, 0.4) is 0 Å². The first-order valence-corrected chi connectivity index (χ1v) is 6.44. The molecule has 0 aromatic heterocycles. The molecular weight excluding hydrogens is 262 g/mol. The van der Waals surface area contributed by atoms with Crippen molar-refractivity contribution in [2.45, 2.75) is 37.3 Å². The van der Waals surface area contributed by atoms with Gasteiger partial charge in [-0.2, -0.15) is 0 Å². The maximum absolute atomic E-state index is 10.3. The molecule has 2 heterocycles. The minimum Gasteiger partial charge on any atom is -0.390 e. The van der Waals surface area contributed by atoms with Crippen LogP contribution in [0.5, 0.6) is 0 Å². The van der Waals surface area contributed by atoms with Crippen molar-refractivity contribution in [3.05, 3.63) is 46.3 Å². The predicted octanol–water partition coefficient (Wildman–Crippen LogP) is 1.37. The molecule has 2 aliphatic rings. The highest BCUT2D eigenvalue weighted by Gasteiger charge is 2.50. The molecule has 7 heteroatoms. The lowest BCUT2D eigenvalue weighted by atomic mass is 9.99. The van der Waals surface area contributed by atoms with Crippen LogP contribution in [0.2, 0.25) is 0 Å². The van der Waals surface area contributed by atoms with E-state index in [2.05, 4.69) is 10.0 Å². The van der Waals surface area contributed by atoms with Gasteiger partial charge < -0.3 is 19.3 Å².